The molecule has 0 unspecified atom stereocenters. The molecule has 2 heterocycles. The fourth-order valence-electron chi connectivity index (χ4n) is 4.83. The zero-order chi connectivity index (χ0) is 26.4. The predicted octanol–water partition coefficient (Wildman–Crippen LogP) is 9.15. The maximum absolute atomic E-state index is 6.65. The molecule has 0 aliphatic heterocycles. The minimum atomic E-state index is -0.151. The van der Waals surface area contributed by atoms with Gasteiger partial charge in [0.25, 0.3) is 5.89 Å². The summed E-state index contributed by atoms with van der Waals surface area (Å²) < 4.78 is 9.20. The van der Waals surface area contributed by atoms with Crippen molar-refractivity contribution in [2.75, 3.05) is 0 Å². The van der Waals surface area contributed by atoms with E-state index in [1.165, 1.54) is 5.56 Å². The first kappa shape index (κ1) is 25.6. The van der Waals surface area contributed by atoms with Gasteiger partial charge in [0.1, 0.15) is 0 Å². The minimum absolute atomic E-state index is 0.151. The van der Waals surface area contributed by atoms with Gasteiger partial charge in [0, 0.05) is 25.6 Å². The quantitative estimate of drug-likeness (QED) is 0.180. The largest absolute Gasteiger partial charge is 0.419 e. The van der Waals surface area contributed by atoms with Crippen LogP contribution in [-0.2, 0) is 18.3 Å². The number of benzene rings is 3. The van der Waals surface area contributed by atoms with Gasteiger partial charge in [-0.3, -0.25) is 0 Å². The molecule has 1 aliphatic carbocycles. The molecule has 9 heteroatoms. The first-order chi connectivity index (χ1) is 18.4. The number of aromatic nitrogens is 4. The molecule has 192 valence electrons. The van der Waals surface area contributed by atoms with Crippen molar-refractivity contribution >= 4 is 50.7 Å². The van der Waals surface area contributed by atoms with Crippen LogP contribution in [0.4, 0.5) is 0 Å². The lowest BCUT2D eigenvalue weighted by atomic mass is 9.96. The van der Waals surface area contributed by atoms with Crippen LogP contribution >= 0.6 is 50.7 Å². The van der Waals surface area contributed by atoms with E-state index < -0.39 is 0 Å². The Bertz CT molecular complexity index is 1620. The molecule has 0 radical (unpaired) electrons. The van der Waals surface area contributed by atoms with Crippen LogP contribution < -0.4 is 0 Å². The number of hydrogen-bond donors (Lipinski definition) is 0. The predicted molar refractivity (Wildman–Crippen MR) is 155 cm³/mol. The molecule has 38 heavy (non-hydrogen) atoms. The Hall–Kier alpha value is -2.64. The van der Waals surface area contributed by atoms with Gasteiger partial charge in [0.05, 0.1) is 21.8 Å². The fourth-order valence-corrected chi connectivity index (χ4v) is 5.71. The fraction of sp³-hybridized carbons (Fsp3) is 0.207. The summed E-state index contributed by atoms with van der Waals surface area (Å²) in [5.74, 6) is 1.05. The Morgan fingerprint density at radius 1 is 0.921 bits per heavy atom. The van der Waals surface area contributed by atoms with Crippen LogP contribution in [0, 0.1) is 0 Å². The second-order valence-corrected chi connectivity index (χ2v) is 11.7. The van der Waals surface area contributed by atoms with Crippen molar-refractivity contribution in [3.8, 4) is 28.5 Å². The molecule has 1 aliphatic rings. The summed E-state index contributed by atoms with van der Waals surface area (Å²) >= 11 is 22.5. The van der Waals surface area contributed by atoms with Crippen molar-refractivity contribution in [3.05, 3.63) is 103 Å². The van der Waals surface area contributed by atoms with Crippen LogP contribution in [0.2, 0.25) is 15.1 Å². The molecule has 1 saturated carbocycles. The number of hydrogen-bond acceptors (Lipinski definition) is 4. The summed E-state index contributed by atoms with van der Waals surface area (Å²) in [6.45, 7) is 2.09. The van der Waals surface area contributed by atoms with Crippen LogP contribution in [0.25, 0.3) is 28.5 Å². The van der Waals surface area contributed by atoms with E-state index in [9.17, 15) is 0 Å². The van der Waals surface area contributed by atoms with Gasteiger partial charge in [0.2, 0.25) is 5.89 Å². The second-order valence-electron chi connectivity index (χ2n) is 9.54. The van der Waals surface area contributed by atoms with E-state index in [2.05, 4.69) is 57.3 Å². The maximum Gasteiger partial charge on any atom is 0.268 e. The molecule has 5 nitrogen and oxygen atoms in total. The number of rotatable bonds is 7. The van der Waals surface area contributed by atoms with Gasteiger partial charge in [-0.25, -0.2) is 4.68 Å². The highest BCUT2D eigenvalue weighted by atomic mass is 79.9. The van der Waals surface area contributed by atoms with E-state index >= 15 is 0 Å². The summed E-state index contributed by atoms with van der Waals surface area (Å²) in [5, 5.41) is 15.7. The van der Waals surface area contributed by atoms with Crippen molar-refractivity contribution in [2.24, 2.45) is 0 Å². The van der Waals surface area contributed by atoms with Crippen molar-refractivity contribution in [1.82, 2.24) is 20.0 Å². The molecule has 0 amide bonds. The zero-order valence-corrected chi connectivity index (χ0v) is 24.2. The van der Waals surface area contributed by atoms with Gasteiger partial charge in [0.15, 0.2) is 5.69 Å². The summed E-state index contributed by atoms with van der Waals surface area (Å²) in [6, 6.07) is 21.4. The summed E-state index contributed by atoms with van der Waals surface area (Å²) in [4.78, 5) is 0. The number of halogens is 4. The summed E-state index contributed by atoms with van der Waals surface area (Å²) in [5.41, 5.74) is 5.32. The topological polar surface area (TPSA) is 56.7 Å². The third-order valence-corrected chi connectivity index (χ3v) is 8.30. The van der Waals surface area contributed by atoms with Gasteiger partial charge in [-0.1, -0.05) is 81.9 Å². The van der Waals surface area contributed by atoms with E-state index in [0.717, 1.165) is 51.3 Å². The van der Waals surface area contributed by atoms with Crippen LogP contribution in [0.1, 0.15) is 36.8 Å². The Morgan fingerprint density at radius 2 is 1.63 bits per heavy atom. The third-order valence-electron chi connectivity index (χ3n) is 6.98. The van der Waals surface area contributed by atoms with E-state index in [-0.39, 0.29) is 5.41 Å². The van der Waals surface area contributed by atoms with E-state index in [1.54, 1.807) is 12.1 Å². The molecule has 3 aromatic carbocycles. The molecule has 0 spiro atoms. The molecule has 5 aromatic rings. The smallest absolute Gasteiger partial charge is 0.268 e. The average Bonchev–Trinajstić information content (AvgIpc) is 3.33. The lowest BCUT2D eigenvalue weighted by Gasteiger charge is -2.11. The number of nitrogens with zero attached hydrogens (tertiary/aromatic N) is 4. The SMILES string of the molecule is CCc1c(-c2nnc(C3(Cc4ccc(Cl)cc4)CC3)o2)nn(-c2ccc(Cl)cc2Cl)c1-c1ccc(Br)cc1. The molecular weight excluding hydrogens is 607 g/mol. The highest BCUT2D eigenvalue weighted by Crippen LogP contribution is 2.50. The van der Waals surface area contributed by atoms with Gasteiger partial charge >= 0.3 is 0 Å². The second kappa shape index (κ2) is 10.2. The standard InChI is InChI=1S/C29H22BrCl3N4O/c1-2-22-25(27-34-35-28(38-27)29(13-14-29)16-17-3-9-20(31)10-4-17)36-37(24-12-11-21(32)15-23(24)33)26(22)18-5-7-19(30)8-6-18/h3-12,15H,2,13-14,16H2,1H3. The van der Waals surface area contributed by atoms with Crippen molar-refractivity contribution in [1.29, 1.82) is 0 Å². The zero-order valence-electron chi connectivity index (χ0n) is 20.4. The van der Waals surface area contributed by atoms with E-state index in [4.69, 9.17) is 44.3 Å². The molecule has 0 atom stereocenters. The van der Waals surface area contributed by atoms with Gasteiger partial charge in [-0.15, -0.1) is 10.2 Å². The lowest BCUT2D eigenvalue weighted by molar-refractivity contribution is 0.438. The maximum atomic E-state index is 6.65. The molecular formula is C29H22BrCl3N4O. The monoisotopic (exact) mass is 626 g/mol. The molecule has 1 fully saturated rings. The Kier molecular flexibility index (Phi) is 6.85. The first-order valence-corrected chi connectivity index (χ1v) is 14.2. The van der Waals surface area contributed by atoms with Gasteiger partial charge in [-0.2, -0.15) is 5.10 Å². The molecule has 6 rings (SSSR count). The van der Waals surface area contributed by atoms with Crippen molar-refractivity contribution in [2.45, 2.75) is 38.0 Å². The van der Waals surface area contributed by atoms with Crippen LogP contribution in [0.3, 0.4) is 0 Å². The van der Waals surface area contributed by atoms with Crippen molar-refractivity contribution < 1.29 is 4.42 Å². The van der Waals surface area contributed by atoms with Gasteiger partial charge in [-0.05, 0) is 73.7 Å². The molecule has 2 aromatic heterocycles. The molecule has 0 saturated heterocycles. The Balaban J connectivity index is 1.45. The summed E-state index contributed by atoms with van der Waals surface area (Å²) in [6.07, 6.45) is 3.53. The average molecular weight is 629 g/mol. The third kappa shape index (κ3) is 4.79. The molecule has 0 N–H and O–H groups in total. The van der Waals surface area contributed by atoms with Crippen molar-refractivity contribution in [3.63, 3.8) is 0 Å². The molecule has 0 bridgehead atoms. The highest BCUT2D eigenvalue weighted by molar-refractivity contribution is 9.10. The Labute approximate surface area is 243 Å². The van der Waals surface area contributed by atoms with Crippen LogP contribution in [-0.4, -0.2) is 20.0 Å². The summed E-state index contributed by atoms with van der Waals surface area (Å²) in [7, 11) is 0. The van der Waals surface area contributed by atoms with Crippen LogP contribution in [0.15, 0.2) is 75.6 Å². The highest BCUT2D eigenvalue weighted by Gasteiger charge is 2.49. The first-order valence-electron chi connectivity index (χ1n) is 12.3. The van der Waals surface area contributed by atoms with Gasteiger partial charge < -0.3 is 4.42 Å². The van der Waals surface area contributed by atoms with E-state index in [1.807, 2.05) is 35.0 Å². The normalized spacial score (nSPS) is 14.1. The Morgan fingerprint density at radius 3 is 2.29 bits per heavy atom. The lowest BCUT2D eigenvalue weighted by Crippen LogP contribution is -2.11. The minimum Gasteiger partial charge on any atom is -0.419 e. The van der Waals surface area contributed by atoms with E-state index in [0.29, 0.717) is 33.9 Å². The van der Waals surface area contributed by atoms with Crippen LogP contribution in [0.5, 0.6) is 0 Å².